The molecule has 7 nitrogen and oxygen atoms in total. The Bertz CT molecular complexity index is 865. The standard InChI is InChI=1S/C17H20N2O5S/c1-12-7-8-13(11-16(12)25(18,21)22)19-17(20)9-10-24-15-6-4-3-5-14(15)23-2/h3-8,11H,9-10H2,1-2H3,(H,19,20)(H2,18,21,22). The van der Waals surface area contributed by atoms with Crippen molar-refractivity contribution in [2.75, 3.05) is 19.0 Å². The van der Waals surface area contributed by atoms with Crippen molar-refractivity contribution in [1.29, 1.82) is 0 Å². The van der Waals surface area contributed by atoms with Gasteiger partial charge in [-0.05, 0) is 36.8 Å². The van der Waals surface area contributed by atoms with Crippen LogP contribution in [0.4, 0.5) is 5.69 Å². The van der Waals surface area contributed by atoms with Crippen LogP contribution >= 0.6 is 0 Å². The lowest BCUT2D eigenvalue weighted by atomic mass is 10.2. The molecule has 2 aromatic carbocycles. The number of nitrogens with two attached hydrogens (primary N) is 1. The zero-order chi connectivity index (χ0) is 18.4. The van der Waals surface area contributed by atoms with Crippen molar-refractivity contribution in [3.8, 4) is 11.5 Å². The highest BCUT2D eigenvalue weighted by Crippen LogP contribution is 2.25. The number of nitrogens with one attached hydrogen (secondary N) is 1. The van der Waals surface area contributed by atoms with E-state index in [2.05, 4.69) is 5.32 Å². The minimum absolute atomic E-state index is 0.0180. The second kappa shape index (κ2) is 8.00. The summed E-state index contributed by atoms with van der Waals surface area (Å²) >= 11 is 0. The lowest BCUT2D eigenvalue weighted by molar-refractivity contribution is -0.116. The Morgan fingerprint density at radius 2 is 1.84 bits per heavy atom. The van der Waals surface area contributed by atoms with E-state index in [9.17, 15) is 13.2 Å². The smallest absolute Gasteiger partial charge is 0.238 e. The molecule has 0 spiro atoms. The number of hydrogen-bond donors (Lipinski definition) is 2. The molecule has 2 rings (SSSR count). The van der Waals surface area contributed by atoms with Crippen molar-refractivity contribution in [2.45, 2.75) is 18.2 Å². The number of amides is 1. The molecule has 0 radical (unpaired) electrons. The van der Waals surface area contributed by atoms with E-state index in [1.165, 1.54) is 13.2 Å². The van der Waals surface area contributed by atoms with Crippen LogP contribution in [0, 0.1) is 6.92 Å². The third-order valence-corrected chi connectivity index (χ3v) is 4.49. The maximum atomic E-state index is 12.0. The van der Waals surface area contributed by atoms with E-state index in [1.54, 1.807) is 37.3 Å². The normalized spacial score (nSPS) is 11.0. The maximum absolute atomic E-state index is 12.0. The summed E-state index contributed by atoms with van der Waals surface area (Å²) in [5.74, 6) is 0.822. The summed E-state index contributed by atoms with van der Waals surface area (Å²) in [6, 6.07) is 11.7. The van der Waals surface area contributed by atoms with Crippen molar-refractivity contribution < 1.29 is 22.7 Å². The van der Waals surface area contributed by atoms with Crippen molar-refractivity contribution in [1.82, 2.24) is 0 Å². The van der Waals surface area contributed by atoms with Crippen LogP contribution in [0.5, 0.6) is 11.5 Å². The molecule has 134 valence electrons. The van der Waals surface area contributed by atoms with Crippen molar-refractivity contribution in [2.24, 2.45) is 5.14 Å². The molecule has 0 atom stereocenters. The molecule has 0 aromatic heterocycles. The molecule has 3 N–H and O–H groups in total. The Hall–Kier alpha value is -2.58. The van der Waals surface area contributed by atoms with Crippen LogP contribution in [0.3, 0.4) is 0 Å². The number of aryl methyl sites for hydroxylation is 1. The first-order valence-corrected chi connectivity index (χ1v) is 9.05. The molecule has 0 aliphatic heterocycles. The number of benzene rings is 2. The predicted octanol–water partition coefficient (Wildman–Crippen LogP) is 2.06. The van der Waals surface area contributed by atoms with Gasteiger partial charge in [-0.3, -0.25) is 4.79 Å². The first-order chi connectivity index (χ1) is 11.8. The fourth-order valence-electron chi connectivity index (χ4n) is 2.20. The van der Waals surface area contributed by atoms with E-state index in [-0.39, 0.29) is 23.8 Å². The molecule has 0 aliphatic rings. The van der Waals surface area contributed by atoms with Crippen molar-refractivity contribution in [3.63, 3.8) is 0 Å². The van der Waals surface area contributed by atoms with Gasteiger partial charge in [0.15, 0.2) is 11.5 Å². The Morgan fingerprint density at radius 1 is 1.16 bits per heavy atom. The Kier molecular flexibility index (Phi) is 6.00. The summed E-state index contributed by atoms with van der Waals surface area (Å²) in [5.41, 5.74) is 0.872. The number of carbonyl (C=O) groups is 1. The number of para-hydroxylation sites is 2. The Labute approximate surface area is 146 Å². The van der Waals surface area contributed by atoms with Crippen molar-refractivity contribution >= 4 is 21.6 Å². The number of methoxy groups -OCH3 is 1. The van der Waals surface area contributed by atoms with Gasteiger partial charge in [-0.25, -0.2) is 13.6 Å². The molecule has 1 amide bonds. The summed E-state index contributed by atoms with van der Waals surface area (Å²) in [5, 5.41) is 7.78. The largest absolute Gasteiger partial charge is 0.493 e. The lowest BCUT2D eigenvalue weighted by Gasteiger charge is -2.11. The number of carbonyl (C=O) groups excluding carboxylic acids is 1. The number of sulfonamides is 1. The van der Waals surface area contributed by atoms with E-state index in [0.29, 0.717) is 22.7 Å². The predicted molar refractivity (Wildman–Crippen MR) is 94.3 cm³/mol. The first kappa shape index (κ1) is 18.8. The monoisotopic (exact) mass is 364 g/mol. The summed E-state index contributed by atoms with van der Waals surface area (Å²) in [4.78, 5) is 12.0. The van der Waals surface area contributed by atoms with Gasteiger partial charge in [0, 0.05) is 5.69 Å². The topological polar surface area (TPSA) is 108 Å². The van der Waals surface area contributed by atoms with Gasteiger partial charge < -0.3 is 14.8 Å². The fourth-order valence-corrected chi connectivity index (χ4v) is 3.01. The minimum Gasteiger partial charge on any atom is -0.493 e. The van der Waals surface area contributed by atoms with E-state index in [4.69, 9.17) is 14.6 Å². The van der Waals surface area contributed by atoms with Gasteiger partial charge in [0.2, 0.25) is 15.9 Å². The molecule has 0 fully saturated rings. The second-order valence-electron chi connectivity index (χ2n) is 5.32. The second-order valence-corrected chi connectivity index (χ2v) is 6.85. The number of hydrogen-bond acceptors (Lipinski definition) is 5. The number of primary sulfonamides is 1. The molecule has 2 aromatic rings. The molecule has 25 heavy (non-hydrogen) atoms. The summed E-state index contributed by atoms with van der Waals surface area (Å²) in [6.45, 7) is 1.78. The average Bonchev–Trinajstić information content (AvgIpc) is 2.56. The number of rotatable bonds is 7. The van der Waals surface area contributed by atoms with E-state index >= 15 is 0 Å². The molecular weight excluding hydrogens is 344 g/mol. The molecule has 0 saturated carbocycles. The Balaban J connectivity index is 1.95. The molecule has 0 heterocycles. The lowest BCUT2D eigenvalue weighted by Crippen LogP contribution is -2.17. The molecule has 8 heteroatoms. The van der Waals surface area contributed by atoms with Crippen molar-refractivity contribution in [3.05, 3.63) is 48.0 Å². The van der Waals surface area contributed by atoms with Crippen LogP contribution in [-0.4, -0.2) is 28.0 Å². The SMILES string of the molecule is COc1ccccc1OCCC(=O)Nc1ccc(C)c(S(N)(=O)=O)c1. The molecule has 0 saturated heterocycles. The van der Waals surface area contributed by atoms with Gasteiger partial charge in [0.05, 0.1) is 25.0 Å². The maximum Gasteiger partial charge on any atom is 0.238 e. The van der Waals surface area contributed by atoms with Crippen LogP contribution in [-0.2, 0) is 14.8 Å². The van der Waals surface area contributed by atoms with Gasteiger partial charge in [-0.2, -0.15) is 0 Å². The summed E-state index contributed by atoms with van der Waals surface area (Å²) in [7, 11) is -2.31. The third kappa shape index (κ3) is 5.20. The van der Waals surface area contributed by atoms with Crippen LogP contribution in [0.15, 0.2) is 47.4 Å². The summed E-state index contributed by atoms with van der Waals surface area (Å²) in [6.07, 6.45) is 0.0939. The van der Waals surface area contributed by atoms with Gasteiger partial charge in [-0.15, -0.1) is 0 Å². The highest BCUT2D eigenvalue weighted by atomic mass is 32.2. The fraction of sp³-hybridized carbons (Fsp3) is 0.235. The minimum atomic E-state index is -3.84. The average molecular weight is 364 g/mol. The van der Waals surface area contributed by atoms with Gasteiger partial charge in [-0.1, -0.05) is 18.2 Å². The molecule has 0 bridgehead atoms. The van der Waals surface area contributed by atoms with Crippen LogP contribution < -0.4 is 19.9 Å². The third-order valence-electron chi connectivity index (χ3n) is 3.43. The molecule has 0 unspecified atom stereocenters. The van der Waals surface area contributed by atoms with Gasteiger partial charge >= 0.3 is 0 Å². The summed E-state index contributed by atoms with van der Waals surface area (Å²) < 4.78 is 33.7. The highest BCUT2D eigenvalue weighted by molar-refractivity contribution is 7.89. The van der Waals surface area contributed by atoms with E-state index in [0.717, 1.165) is 0 Å². The van der Waals surface area contributed by atoms with E-state index < -0.39 is 10.0 Å². The molecule has 0 aliphatic carbocycles. The number of ether oxygens (including phenoxy) is 2. The van der Waals surface area contributed by atoms with Gasteiger partial charge in [0.25, 0.3) is 0 Å². The Morgan fingerprint density at radius 3 is 2.48 bits per heavy atom. The molecular formula is C17H20N2O5S. The van der Waals surface area contributed by atoms with Gasteiger partial charge in [0.1, 0.15) is 0 Å². The quantitative estimate of drug-likeness (QED) is 0.782. The zero-order valence-corrected chi connectivity index (χ0v) is 14.8. The van der Waals surface area contributed by atoms with Crippen LogP contribution in [0.2, 0.25) is 0 Å². The van der Waals surface area contributed by atoms with Crippen LogP contribution in [0.1, 0.15) is 12.0 Å². The zero-order valence-electron chi connectivity index (χ0n) is 14.0. The highest BCUT2D eigenvalue weighted by Gasteiger charge is 2.13. The van der Waals surface area contributed by atoms with E-state index in [1.807, 2.05) is 6.07 Å². The number of anilines is 1. The van der Waals surface area contributed by atoms with Crippen LogP contribution in [0.25, 0.3) is 0 Å². The first-order valence-electron chi connectivity index (χ1n) is 7.50.